The van der Waals surface area contributed by atoms with E-state index < -0.39 is 0 Å². The van der Waals surface area contributed by atoms with E-state index in [0.717, 1.165) is 16.7 Å². The molecule has 1 unspecified atom stereocenters. The minimum Gasteiger partial charge on any atom is -0.493 e. The number of carbonyl (C=O) groups is 2. The molecule has 0 aromatic heterocycles. The molecular weight excluding hydrogens is 342 g/mol. The van der Waals surface area contributed by atoms with Gasteiger partial charge in [-0.2, -0.15) is 0 Å². The minimum atomic E-state index is -0.201. The summed E-state index contributed by atoms with van der Waals surface area (Å²) >= 11 is 0. The van der Waals surface area contributed by atoms with Crippen LogP contribution in [0.5, 0.6) is 11.5 Å². The third-order valence-corrected chi connectivity index (χ3v) is 4.56. The van der Waals surface area contributed by atoms with Gasteiger partial charge in [-0.25, -0.2) is 0 Å². The molecule has 5 heteroatoms. The van der Waals surface area contributed by atoms with Gasteiger partial charge in [0.05, 0.1) is 20.3 Å². The third kappa shape index (κ3) is 5.33. The Hall–Kier alpha value is -2.82. The number of nitrogens with one attached hydrogen (secondary N) is 1. The number of methoxy groups -OCH3 is 2. The molecule has 2 aromatic carbocycles. The van der Waals surface area contributed by atoms with Crippen molar-refractivity contribution in [1.29, 1.82) is 0 Å². The lowest BCUT2D eigenvalue weighted by Gasteiger charge is -2.16. The lowest BCUT2D eigenvalue weighted by atomic mass is 9.99. The second-order valence-electron chi connectivity index (χ2n) is 6.65. The highest BCUT2D eigenvalue weighted by Crippen LogP contribution is 2.29. The van der Waals surface area contributed by atoms with Crippen molar-refractivity contribution in [3.05, 3.63) is 58.7 Å². The van der Waals surface area contributed by atoms with E-state index in [1.54, 1.807) is 20.3 Å². The van der Waals surface area contributed by atoms with Crippen molar-refractivity contribution in [2.75, 3.05) is 14.2 Å². The monoisotopic (exact) mass is 369 g/mol. The van der Waals surface area contributed by atoms with Gasteiger partial charge in [0.25, 0.3) is 0 Å². The Morgan fingerprint density at radius 3 is 2.33 bits per heavy atom. The number of hydrogen-bond donors (Lipinski definition) is 1. The average molecular weight is 369 g/mol. The molecule has 5 nitrogen and oxygen atoms in total. The summed E-state index contributed by atoms with van der Waals surface area (Å²) < 4.78 is 10.5. The number of amides is 1. The fraction of sp³-hybridized carbons (Fsp3) is 0.364. The maximum atomic E-state index is 12.4. The maximum absolute atomic E-state index is 12.4. The van der Waals surface area contributed by atoms with Crippen molar-refractivity contribution in [3.8, 4) is 11.5 Å². The summed E-state index contributed by atoms with van der Waals surface area (Å²) in [5.41, 5.74) is 3.57. The Kier molecular flexibility index (Phi) is 6.99. The Labute approximate surface area is 160 Å². The molecule has 0 heterocycles. The highest BCUT2D eigenvalue weighted by molar-refractivity contribution is 5.99. The molecule has 0 saturated carbocycles. The molecule has 1 atom stereocenters. The molecule has 0 radical (unpaired) electrons. The molecule has 2 rings (SSSR count). The molecule has 0 aliphatic rings. The quantitative estimate of drug-likeness (QED) is 0.710. The second kappa shape index (κ2) is 9.21. The molecule has 27 heavy (non-hydrogen) atoms. The summed E-state index contributed by atoms with van der Waals surface area (Å²) in [6.07, 6.45) is 0.346. The number of rotatable bonds is 8. The average Bonchev–Trinajstić information content (AvgIpc) is 2.67. The summed E-state index contributed by atoms with van der Waals surface area (Å²) in [6, 6.07) is 11.1. The van der Waals surface area contributed by atoms with Gasteiger partial charge in [0.2, 0.25) is 5.91 Å². The van der Waals surface area contributed by atoms with E-state index in [1.807, 2.05) is 51.1 Å². The van der Waals surface area contributed by atoms with Gasteiger partial charge in [-0.05, 0) is 50.1 Å². The number of Topliss-reactive ketones (excluding diaryl/α,β-unsaturated/α-hetero) is 1. The Bertz CT molecular complexity index is 829. The molecule has 144 valence electrons. The number of benzene rings is 2. The van der Waals surface area contributed by atoms with E-state index in [1.165, 1.54) is 0 Å². The summed E-state index contributed by atoms with van der Waals surface area (Å²) in [6.45, 7) is 5.76. The van der Waals surface area contributed by atoms with Crippen LogP contribution in [0.4, 0.5) is 0 Å². The highest BCUT2D eigenvalue weighted by atomic mass is 16.5. The van der Waals surface area contributed by atoms with Crippen molar-refractivity contribution in [2.24, 2.45) is 0 Å². The van der Waals surface area contributed by atoms with E-state index in [2.05, 4.69) is 5.32 Å². The highest BCUT2D eigenvalue weighted by Gasteiger charge is 2.15. The zero-order chi connectivity index (χ0) is 20.0. The van der Waals surface area contributed by atoms with Crippen molar-refractivity contribution < 1.29 is 19.1 Å². The van der Waals surface area contributed by atoms with E-state index >= 15 is 0 Å². The van der Waals surface area contributed by atoms with E-state index in [9.17, 15) is 9.59 Å². The number of aryl methyl sites for hydroxylation is 2. The van der Waals surface area contributed by atoms with Crippen LogP contribution in [0.15, 0.2) is 36.4 Å². The SMILES string of the molecule is COc1ccc(C(C)NC(=O)CCC(=O)c2cc(C)ccc2C)cc1OC. The maximum Gasteiger partial charge on any atom is 0.220 e. The van der Waals surface area contributed by atoms with Crippen LogP contribution >= 0.6 is 0 Å². The van der Waals surface area contributed by atoms with Crippen LogP contribution in [0.1, 0.15) is 52.9 Å². The molecule has 2 aromatic rings. The second-order valence-corrected chi connectivity index (χ2v) is 6.65. The zero-order valence-electron chi connectivity index (χ0n) is 16.6. The summed E-state index contributed by atoms with van der Waals surface area (Å²) in [5, 5.41) is 2.93. The number of carbonyl (C=O) groups excluding carboxylic acids is 2. The molecule has 0 spiro atoms. The fourth-order valence-corrected chi connectivity index (χ4v) is 2.92. The molecular formula is C22H27NO4. The number of hydrogen-bond acceptors (Lipinski definition) is 4. The molecule has 0 aliphatic carbocycles. The van der Waals surface area contributed by atoms with Crippen molar-refractivity contribution in [2.45, 2.75) is 39.7 Å². The van der Waals surface area contributed by atoms with Gasteiger partial charge in [0, 0.05) is 18.4 Å². The smallest absolute Gasteiger partial charge is 0.220 e. The number of ether oxygens (including phenoxy) is 2. The molecule has 1 amide bonds. The fourth-order valence-electron chi connectivity index (χ4n) is 2.92. The summed E-state index contributed by atoms with van der Waals surface area (Å²) in [4.78, 5) is 24.7. The van der Waals surface area contributed by atoms with Crippen LogP contribution in [0.3, 0.4) is 0 Å². The molecule has 1 N–H and O–H groups in total. The van der Waals surface area contributed by atoms with Crippen LogP contribution in [-0.4, -0.2) is 25.9 Å². The van der Waals surface area contributed by atoms with Crippen LogP contribution in [0, 0.1) is 13.8 Å². The van der Waals surface area contributed by atoms with Crippen molar-refractivity contribution >= 4 is 11.7 Å². The van der Waals surface area contributed by atoms with Gasteiger partial charge in [0.15, 0.2) is 17.3 Å². The predicted molar refractivity (Wildman–Crippen MR) is 106 cm³/mol. The Morgan fingerprint density at radius 1 is 0.963 bits per heavy atom. The first kappa shape index (κ1) is 20.5. The lowest BCUT2D eigenvalue weighted by Crippen LogP contribution is -2.27. The van der Waals surface area contributed by atoms with Gasteiger partial charge in [0.1, 0.15) is 0 Å². The zero-order valence-corrected chi connectivity index (χ0v) is 16.6. The molecule has 0 fully saturated rings. The third-order valence-electron chi connectivity index (χ3n) is 4.56. The van der Waals surface area contributed by atoms with Crippen LogP contribution in [0.25, 0.3) is 0 Å². The molecule has 0 aliphatic heterocycles. The van der Waals surface area contributed by atoms with Gasteiger partial charge in [-0.1, -0.05) is 23.8 Å². The van der Waals surface area contributed by atoms with E-state index in [-0.39, 0.29) is 30.6 Å². The van der Waals surface area contributed by atoms with Crippen molar-refractivity contribution in [1.82, 2.24) is 5.32 Å². The van der Waals surface area contributed by atoms with E-state index in [0.29, 0.717) is 17.1 Å². The number of ketones is 1. The molecule has 0 bridgehead atoms. The van der Waals surface area contributed by atoms with E-state index in [4.69, 9.17) is 9.47 Å². The Balaban J connectivity index is 1.95. The normalized spacial score (nSPS) is 11.6. The standard InChI is InChI=1S/C22H27NO4/c1-14-6-7-15(2)18(12-14)19(24)9-11-22(25)23-16(3)17-8-10-20(26-4)21(13-17)27-5/h6-8,10,12-13,16H,9,11H2,1-5H3,(H,23,25). The predicted octanol–water partition coefficient (Wildman–Crippen LogP) is 4.16. The van der Waals surface area contributed by atoms with Gasteiger partial charge < -0.3 is 14.8 Å². The van der Waals surface area contributed by atoms with Crippen LogP contribution < -0.4 is 14.8 Å². The summed E-state index contributed by atoms with van der Waals surface area (Å²) in [7, 11) is 3.15. The first-order valence-corrected chi connectivity index (χ1v) is 8.97. The Morgan fingerprint density at radius 2 is 1.67 bits per heavy atom. The van der Waals surface area contributed by atoms with Crippen molar-refractivity contribution in [3.63, 3.8) is 0 Å². The minimum absolute atomic E-state index is 0.00915. The first-order chi connectivity index (χ1) is 12.8. The van der Waals surface area contributed by atoms with Gasteiger partial charge in [-0.3, -0.25) is 9.59 Å². The first-order valence-electron chi connectivity index (χ1n) is 8.97. The van der Waals surface area contributed by atoms with Gasteiger partial charge >= 0.3 is 0 Å². The van der Waals surface area contributed by atoms with Gasteiger partial charge in [-0.15, -0.1) is 0 Å². The topological polar surface area (TPSA) is 64.6 Å². The molecule has 0 saturated heterocycles. The lowest BCUT2D eigenvalue weighted by molar-refractivity contribution is -0.121. The van der Waals surface area contributed by atoms with Crippen LogP contribution in [0.2, 0.25) is 0 Å². The van der Waals surface area contributed by atoms with Crippen LogP contribution in [-0.2, 0) is 4.79 Å². The largest absolute Gasteiger partial charge is 0.493 e. The summed E-state index contributed by atoms with van der Waals surface area (Å²) in [5.74, 6) is 1.08.